The van der Waals surface area contributed by atoms with E-state index in [0.29, 0.717) is 6.42 Å². The molecule has 1 heterocycles. The largest absolute Gasteiger partial charge is 0.466 e. The Morgan fingerprint density at radius 1 is 1.33 bits per heavy atom. The highest BCUT2D eigenvalue weighted by molar-refractivity contribution is 9.10. The zero-order valence-electron chi connectivity index (χ0n) is 10.3. The van der Waals surface area contributed by atoms with Gasteiger partial charge in [0.1, 0.15) is 17.3 Å². The Bertz CT molecular complexity index is 565. The van der Waals surface area contributed by atoms with Crippen molar-refractivity contribution in [2.45, 2.75) is 26.3 Å². The molecule has 1 aromatic carbocycles. The van der Waals surface area contributed by atoms with Crippen LogP contribution in [0.4, 0.5) is 4.39 Å². The fraction of sp³-hybridized carbons (Fsp3) is 0.286. The van der Waals surface area contributed by atoms with Crippen molar-refractivity contribution in [3.8, 4) is 0 Å². The predicted octanol–water partition coefficient (Wildman–Crippen LogP) is 4.04. The van der Waals surface area contributed by atoms with Crippen LogP contribution in [0.3, 0.4) is 0 Å². The van der Waals surface area contributed by atoms with E-state index < -0.39 is 0 Å². The molecule has 1 unspecified atom stereocenters. The van der Waals surface area contributed by atoms with Crippen LogP contribution in [0.5, 0.6) is 0 Å². The highest BCUT2D eigenvalue weighted by Crippen LogP contribution is 2.26. The van der Waals surface area contributed by atoms with Crippen LogP contribution in [0.2, 0.25) is 0 Å². The third kappa shape index (κ3) is 2.82. The normalized spacial score (nSPS) is 12.7. The number of rotatable bonds is 3. The maximum atomic E-state index is 13.2. The molecular weight excluding hydrogens is 297 g/mol. The van der Waals surface area contributed by atoms with E-state index in [1.807, 2.05) is 19.9 Å². The van der Waals surface area contributed by atoms with Gasteiger partial charge in [-0.2, -0.15) is 0 Å². The van der Waals surface area contributed by atoms with Crippen LogP contribution in [0.1, 0.15) is 28.7 Å². The van der Waals surface area contributed by atoms with E-state index in [9.17, 15) is 4.39 Å². The van der Waals surface area contributed by atoms with Gasteiger partial charge in [-0.3, -0.25) is 0 Å². The van der Waals surface area contributed by atoms with Gasteiger partial charge in [0.2, 0.25) is 0 Å². The summed E-state index contributed by atoms with van der Waals surface area (Å²) in [5.74, 6) is 1.42. The van der Waals surface area contributed by atoms with Gasteiger partial charge in [0.15, 0.2) is 0 Å². The van der Waals surface area contributed by atoms with Crippen molar-refractivity contribution < 1.29 is 8.81 Å². The molecule has 0 saturated heterocycles. The molecule has 96 valence electrons. The number of hydrogen-bond donors (Lipinski definition) is 1. The molecule has 0 aliphatic rings. The molecular formula is C14H15BrFNO. The van der Waals surface area contributed by atoms with Gasteiger partial charge in [-0.05, 0) is 50.1 Å². The molecule has 0 saturated carbocycles. The van der Waals surface area contributed by atoms with Gasteiger partial charge in [-0.1, -0.05) is 15.9 Å². The van der Waals surface area contributed by atoms with Gasteiger partial charge in [0.25, 0.3) is 0 Å². The molecule has 0 spiro atoms. The Hall–Kier alpha value is -1.13. The molecule has 0 radical (unpaired) electrons. The van der Waals surface area contributed by atoms with Crippen LogP contribution in [0, 0.1) is 19.7 Å². The van der Waals surface area contributed by atoms with E-state index in [1.165, 1.54) is 12.1 Å². The van der Waals surface area contributed by atoms with Crippen molar-refractivity contribution >= 4 is 15.9 Å². The molecule has 1 aromatic heterocycles. The molecule has 2 nitrogen and oxygen atoms in total. The summed E-state index contributed by atoms with van der Waals surface area (Å²) in [6, 6.07) is 6.37. The van der Waals surface area contributed by atoms with Gasteiger partial charge in [0, 0.05) is 16.1 Å². The Morgan fingerprint density at radius 2 is 2.06 bits per heavy atom. The van der Waals surface area contributed by atoms with Crippen molar-refractivity contribution in [3.05, 3.63) is 57.2 Å². The van der Waals surface area contributed by atoms with Gasteiger partial charge in [-0.15, -0.1) is 0 Å². The lowest BCUT2D eigenvalue weighted by Gasteiger charge is -2.12. The average molecular weight is 312 g/mol. The molecule has 0 amide bonds. The predicted molar refractivity (Wildman–Crippen MR) is 72.9 cm³/mol. The highest BCUT2D eigenvalue weighted by atomic mass is 79.9. The lowest BCUT2D eigenvalue weighted by molar-refractivity contribution is 0.497. The summed E-state index contributed by atoms with van der Waals surface area (Å²) in [4.78, 5) is 0. The van der Waals surface area contributed by atoms with Crippen LogP contribution in [-0.2, 0) is 6.42 Å². The zero-order chi connectivity index (χ0) is 13.3. The third-order valence-corrected chi connectivity index (χ3v) is 3.70. The van der Waals surface area contributed by atoms with Crippen LogP contribution in [0.25, 0.3) is 0 Å². The molecule has 0 aliphatic heterocycles. The molecule has 2 aromatic rings. The van der Waals surface area contributed by atoms with Crippen molar-refractivity contribution in [1.29, 1.82) is 0 Å². The lowest BCUT2D eigenvalue weighted by atomic mass is 10.00. The Morgan fingerprint density at radius 3 is 2.67 bits per heavy atom. The molecule has 2 N–H and O–H groups in total. The van der Waals surface area contributed by atoms with E-state index in [0.717, 1.165) is 27.1 Å². The minimum atomic E-state index is -0.250. The second-order valence-electron chi connectivity index (χ2n) is 4.41. The van der Waals surface area contributed by atoms with Crippen molar-refractivity contribution in [2.24, 2.45) is 5.73 Å². The lowest BCUT2D eigenvalue weighted by Crippen LogP contribution is -2.14. The average Bonchev–Trinajstić information content (AvgIpc) is 2.63. The van der Waals surface area contributed by atoms with Crippen LogP contribution in [0.15, 0.2) is 33.2 Å². The SMILES string of the molecule is Cc1cc(C(N)Cc2cc(F)ccc2Br)c(C)o1. The highest BCUT2D eigenvalue weighted by Gasteiger charge is 2.15. The van der Waals surface area contributed by atoms with Crippen LogP contribution >= 0.6 is 15.9 Å². The zero-order valence-corrected chi connectivity index (χ0v) is 11.9. The van der Waals surface area contributed by atoms with Crippen molar-refractivity contribution in [1.82, 2.24) is 0 Å². The first-order valence-corrected chi connectivity index (χ1v) is 6.53. The van der Waals surface area contributed by atoms with Gasteiger partial charge >= 0.3 is 0 Å². The van der Waals surface area contributed by atoms with E-state index in [-0.39, 0.29) is 11.9 Å². The van der Waals surface area contributed by atoms with Gasteiger partial charge in [0.05, 0.1) is 0 Å². The standard InChI is InChI=1S/C14H15BrFNO/c1-8-5-12(9(2)18-8)14(17)7-10-6-11(16)3-4-13(10)15/h3-6,14H,7,17H2,1-2H3. The third-order valence-electron chi connectivity index (χ3n) is 2.93. The molecule has 4 heteroatoms. The fourth-order valence-corrected chi connectivity index (χ4v) is 2.47. The molecule has 2 rings (SSSR count). The minimum absolute atomic E-state index is 0.194. The maximum absolute atomic E-state index is 13.2. The number of nitrogens with two attached hydrogens (primary N) is 1. The Labute approximate surface area is 114 Å². The van der Waals surface area contributed by atoms with E-state index in [2.05, 4.69) is 15.9 Å². The number of aryl methyl sites for hydroxylation is 2. The van der Waals surface area contributed by atoms with E-state index in [4.69, 9.17) is 10.2 Å². The Balaban J connectivity index is 2.23. The number of furan rings is 1. The first-order valence-electron chi connectivity index (χ1n) is 5.74. The smallest absolute Gasteiger partial charge is 0.123 e. The minimum Gasteiger partial charge on any atom is -0.466 e. The molecule has 1 atom stereocenters. The monoisotopic (exact) mass is 311 g/mol. The number of halogens is 2. The summed E-state index contributed by atoms with van der Waals surface area (Å²) in [6.45, 7) is 3.78. The number of hydrogen-bond acceptors (Lipinski definition) is 2. The Kier molecular flexibility index (Phi) is 3.88. The van der Waals surface area contributed by atoms with Gasteiger partial charge in [-0.25, -0.2) is 4.39 Å². The number of benzene rings is 1. The summed E-state index contributed by atoms with van der Waals surface area (Å²) in [5.41, 5.74) is 7.99. The molecule has 18 heavy (non-hydrogen) atoms. The summed E-state index contributed by atoms with van der Waals surface area (Å²) in [5, 5.41) is 0. The van der Waals surface area contributed by atoms with Crippen molar-refractivity contribution in [2.75, 3.05) is 0 Å². The van der Waals surface area contributed by atoms with Crippen molar-refractivity contribution in [3.63, 3.8) is 0 Å². The maximum Gasteiger partial charge on any atom is 0.123 e. The summed E-state index contributed by atoms with van der Waals surface area (Å²) in [6.07, 6.45) is 0.568. The molecule has 0 aliphatic carbocycles. The van der Waals surface area contributed by atoms with Crippen LogP contribution < -0.4 is 5.73 Å². The summed E-state index contributed by atoms with van der Waals surface area (Å²) in [7, 11) is 0. The van der Waals surface area contributed by atoms with Gasteiger partial charge < -0.3 is 10.2 Å². The second kappa shape index (κ2) is 5.24. The summed E-state index contributed by atoms with van der Waals surface area (Å²) < 4.78 is 19.5. The second-order valence-corrected chi connectivity index (χ2v) is 5.27. The van der Waals surface area contributed by atoms with E-state index in [1.54, 1.807) is 6.07 Å². The topological polar surface area (TPSA) is 39.2 Å². The first kappa shape index (κ1) is 13.3. The molecule has 0 fully saturated rings. The summed E-state index contributed by atoms with van der Waals surface area (Å²) >= 11 is 3.41. The molecule has 0 bridgehead atoms. The quantitative estimate of drug-likeness (QED) is 0.929. The fourth-order valence-electron chi connectivity index (χ4n) is 2.07. The van der Waals surface area contributed by atoms with Crippen LogP contribution in [-0.4, -0.2) is 0 Å². The first-order chi connectivity index (χ1) is 8.47. The van der Waals surface area contributed by atoms with E-state index >= 15 is 0 Å².